The predicted molar refractivity (Wildman–Crippen MR) is 87.6 cm³/mol. The lowest BCUT2D eigenvalue weighted by atomic mass is 9.64. The molecule has 22 heavy (non-hydrogen) atoms. The molecule has 0 unspecified atom stereocenters. The largest absolute Gasteiger partial charge is 0.310 e. The van der Waals surface area contributed by atoms with Crippen LogP contribution >= 0.6 is 0 Å². The van der Waals surface area contributed by atoms with Gasteiger partial charge in [0, 0.05) is 12.1 Å². The molecule has 3 aliphatic rings. The molecule has 3 nitrogen and oxygen atoms in total. The second-order valence-electron chi connectivity index (χ2n) is 7.50. The Labute approximate surface area is 132 Å². The molecule has 0 spiro atoms. The highest BCUT2D eigenvalue weighted by atomic mass is 16.2. The smallest absolute Gasteiger partial charge is 0.229 e. The summed E-state index contributed by atoms with van der Waals surface area (Å²) in [7, 11) is 0. The third-order valence-corrected chi connectivity index (χ3v) is 6.23. The first-order chi connectivity index (χ1) is 10.8. The number of nitrogens with zero attached hydrogens (tertiary/aromatic N) is 1. The number of carbonyl (C=O) groups excluding carboxylic acids is 1. The monoisotopic (exact) mass is 298 g/mol. The topological polar surface area (TPSA) is 42.0 Å². The van der Waals surface area contributed by atoms with Gasteiger partial charge < -0.3 is 5.32 Å². The number of anilines is 1. The molecule has 1 heterocycles. The first-order valence-electron chi connectivity index (χ1n) is 9.08. The maximum absolute atomic E-state index is 12.7. The van der Waals surface area contributed by atoms with Crippen molar-refractivity contribution in [1.82, 2.24) is 4.98 Å². The minimum absolute atomic E-state index is 0.221. The molecular formula is C19H26N2O. The van der Waals surface area contributed by atoms with Crippen LogP contribution in [0.2, 0.25) is 0 Å². The van der Waals surface area contributed by atoms with E-state index in [0.717, 1.165) is 5.82 Å². The number of aromatic nitrogens is 1. The van der Waals surface area contributed by atoms with Crippen molar-refractivity contribution in [3.05, 3.63) is 23.9 Å². The summed E-state index contributed by atoms with van der Waals surface area (Å²) in [4.78, 5) is 17.2. The molecule has 0 bridgehead atoms. The number of pyridine rings is 1. The van der Waals surface area contributed by atoms with Gasteiger partial charge in [0.25, 0.3) is 0 Å². The van der Waals surface area contributed by atoms with E-state index in [4.69, 9.17) is 0 Å². The highest BCUT2D eigenvalue weighted by Gasteiger charge is 2.40. The third kappa shape index (κ3) is 2.66. The van der Waals surface area contributed by atoms with Crippen LogP contribution in [0.3, 0.4) is 0 Å². The molecule has 4 rings (SSSR count). The summed E-state index contributed by atoms with van der Waals surface area (Å²) in [5, 5.41) is 3.09. The first kappa shape index (κ1) is 14.2. The van der Waals surface area contributed by atoms with E-state index in [1.807, 2.05) is 12.3 Å². The van der Waals surface area contributed by atoms with Crippen molar-refractivity contribution in [2.24, 2.45) is 17.8 Å². The van der Waals surface area contributed by atoms with Gasteiger partial charge in [-0.1, -0.05) is 25.3 Å². The Morgan fingerprint density at radius 1 is 1.00 bits per heavy atom. The number of amides is 1. The maximum atomic E-state index is 12.7. The van der Waals surface area contributed by atoms with Crippen molar-refractivity contribution < 1.29 is 4.79 Å². The summed E-state index contributed by atoms with van der Waals surface area (Å²) in [6.45, 7) is 0. The standard InChI is InChI=1S/C19H26N2O/c22-19(18(14-6-2-7-14)15-8-3-9-15)21-17-11-10-16(12-20-17)13-4-1-5-13/h10-15,18H,1-9H2,(H,20,21,22). The number of rotatable bonds is 5. The Kier molecular flexibility index (Phi) is 3.89. The Bertz CT molecular complexity index is 513. The van der Waals surface area contributed by atoms with E-state index in [9.17, 15) is 4.79 Å². The van der Waals surface area contributed by atoms with Crippen LogP contribution in [0.1, 0.15) is 69.3 Å². The number of carbonyl (C=O) groups is 1. The van der Waals surface area contributed by atoms with Gasteiger partial charge >= 0.3 is 0 Å². The average Bonchev–Trinajstić information content (AvgIpc) is 2.34. The molecule has 0 saturated heterocycles. The van der Waals surface area contributed by atoms with E-state index < -0.39 is 0 Å². The van der Waals surface area contributed by atoms with Gasteiger partial charge in [-0.3, -0.25) is 4.79 Å². The minimum Gasteiger partial charge on any atom is -0.310 e. The highest BCUT2D eigenvalue weighted by molar-refractivity contribution is 5.92. The molecule has 3 heteroatoms. The van der Waals surface area contributed by atoms with E-state index in [0.29, 0.717) is 17.8 Å². The summed E-state index contributed by atoms with van der Waals surface area (Å²) in [5.41, 5.74) is 1.33. The molecule has 1 aromatic heterocycles. The van der Waals surface area contributed by atoms with Gasteiger partial charge in [0.1, 0.15) is 5.82 Å². The van der Waals surface area contributed by atoms with Crippen LogP contribution in [0.25, 0.3) is 0 Å². The van der Waals surface area contributed by atoms with E-state index >= 15 is 0 Å². The normalized spacial score (nSPS) is 22.8. The second kappa shape index (κ2) is 6.02. The van der Waals surface area contributed by atoms with Gasteiger partial charge in [-0.15, -0.1) is 0 Å². The molecular weight excluding hydrogens is 272 g/mol. The van der Waals surface area contributed by atoms with Gasteiger partial charge in [0.15, 0.2) is 0 Å². The van der Waals surface area contributed by atoms with E-state index in [1.54, 1.807) is 0 Å². The lowest BCUT2D eigenvalue weighted by molar-refractivity contribution is -0.126. The van der Waals surface area contributed by atoms with Crippen molar-refractivity contribution in [2.75, 3.05) is 5.32 Å². The Balaban J connectivity index is 1.40. The van der Waals surface area contributed by atoms with Crippen molar-refractivity contribution in [3.8, 4) is 0 Å². The SMILES string of the molecule is O=C(Nc1ccc(C2CCC2)cn1)C(C1CCC1)C1CCC1. The van der Waals surface area contributed by atoms with Crippen molar-refractivity contribution in [1.29, 1.82) is 0 Å². The second-order valence-corrected chi connectivity index (χ2v) is 7.50. The molecule has 3 aliphatic carbocycles. The summed E-state index contributed by atoms with van der Waals surface area (Å²) in [6.07, 6.45) is 13.4. The molecule has 3 fully saturated rings. The van der Waals surface area contributed by atoms with Gasteiger partial charge in [-0.2, -0.15) is 0 Å². The Hall–Kier alpha value is -1.38. The van der Waals surface area contributed by atoms with Crippen LogP contribution in [-0.2, 0) is 4.79 Å². The van der Waals surface area contributed by atoms with Crippen LogP contribution in [0.5, 0.6) is 0 Å². The predicted octanol–water partition coefficient (Wildman–Crippen LogP) is 4.50. The van der Waals surface area contributed by atoms with Crippen LogP contribution in [0, 0.1) is 17.8 Å². The molecule has 0 aromatic carbocycles. The van der Waals surface area contributed by atoms with Crippen molar-refractivity contribution in [3.63, 3.8) is 0 Å². The van der Waals surface area contributed by atoms with Crippen molar-refractivity contribution >= 4 is 11.7 Å². The van der Waals surface area contributed by atoms with Gasteiger partial charge in [-0.05, 0) is 67.9 Å². The van der Waals surface area contributed by atoms with E-state index in [2.05, 4.69) is 16.4 Å². The third-order valence-electron chi connectivity index (χ3n) is 6.23. The fourth-order valence-corrected chi connectivity index (χ4v) is 4.08. The molecule has 1 amide bonds. The Morgan fingerprint density at radius 3 is 2.05 bits per heavy atom. The molecule has 3 saturated carbocycles. The number of hydrogen-bond donors (Lipinski definition) is 1. The summed E-state index contributed by atoms with van der Waals surface area (Å²) < 4.78 is 0. The zero-order valence-electron chi connectivity index (χ0n) is 13.3. The van der Waals surface area contributed by atoms with E-state index in [-0.39, 0.29) is 11.8 Å². The summed E-state index contributed by atoms with van der Waals surface area (Å²) in [6, 6.07) is 4.14. The van der Waals surface area contributed by atoms with Gasteiger partial charge in [0.2, 0.25) is 5.91 Å². The lowest BCUT2D eigenvalue weighted by Crippen LogP contribution is -2.40. The molecule has 118 valence electrons. The quantitative estimate of drug-likeness (QED) is 0.869. The molecule has 1 N–H and O–H groups in total. The highest BCUT2D eigenvalue weighted by Crippen LogP contribution is 2.45. The number of hydrogen-bond acceptors (Lipinski definition) is 2. The zero-order chi connectivity index (χ0) is 14.9. The lowest BCUT2D eigenvalue weighted by Gasteiger charge is -2.41. The van der Waals surface area contributed by atoms with Crippen LogP contribution in [-0.4, -0.2) is 10.9 Å². The van der Waals surface area contributed by atoms with Crippen molar-refractivity contribution in [2.45, 2.75) is 63.7 Å². The fourth-order valence-electron chi connectivity index (χ4n) is 4.08. The van der Waals surface area contributed by atoms with E-state index in [1.165, 1.54) is 63.4 Å². The van der Waals surface area contributed by atoms with Crippen LogP contribution in [0.15, 0.2) is 18.3 Å². The molecule has 0 aliphatic heterocycles. The first-order valence-corrected chi connectivity index (χ1v) is 9.08. The van der Waals surface area contributed by atoms with Crippen LogP contribution in [0.4, 0.5) is 5.82 Å². The molecule has 0 radical (unpaired) electrons. The number of nitrogens with one attached hydrogen (secondary N) is 1. The van der Waals surface area contributed by atoms with Gasteiger partial charge in [-0.25, -0.2) is 4.98 Å². The minimum atomic E-state index is 0.221. The summed E-state index contributed by atoms with van der Waals surface area (Å²) in [5.74, 6) is 3.14. The molecule has 1 aromatic rings. The Morgan fingerprint density at radius 2 is 1.64 bits per heavy atom. The zero-order valence-corrected chi connectivity index (χ0v) is 13.3. The van der Waals surface area contributed by atoms with Gasteiger partial charge in [0.05, 0.1) is 0 Å². The summed E-state index contributed by atoms with van der Waals surface area (Å²) >= 11 is 0. The average molecular weight is 298 g/mol. The molecule has 0 atom stereocenters. The van der Waals surface area contributed by atoms with Crippen LogP contribution < -0.4 is 5.32 Å². The fraction of sp³-hybridized carbons (Fsp3) is 0.684. The maximum Gasteiger partial charge on any atom is 0.229 e.